The highest BCUT2D eigenvalue weighted by Gasteiger charge is 2.42. The first-order chi connectivity index (χ1) is 18.9. The molecule has 9 nitrogen and oxygen atoms in total. The number of nitrogens with two attached hydrogens (primary N) is 1. The summed E-state index contributed by atoms with van der Waals surface area (Å²) in [6.45, 7) is 0. The molecule has 0 aliphatic carbocycles. The van der Waals surface area contributed by atoms with Gasteiger partial charge in [-0.1, -0.05) is 54.6 Å². The van der Waals surface area contributed by atoms with E-state index in [1.165, 1.54) is 26.2 Å². The molecule has 0 aromatic heterocycles. The Bertz CT molecular complexity index is 1530. The van der Waals surface area contributed by atoms with Crippen molar-refractivity contribution in [3.8, 4) is 17.2 Å². The van der Waals surface area contributed by atoms with Crippen LogP contribution in [-0.4, -0.2) is 39.2 Å². The van der Waals surface area contributed by atoms with E-state index in [4.69, 9.17) is 19.9 Å². The van der Waals surface area contributed by atoms with Gasteiger partial charge in [-0.2, -0.15) is 5.26 Å². The lowest BCUT2D eigenvalue weighted by molar-refractivity contribution is -0.139. The zero-order valence-corrected chi connectivity index (χ0v) is 21.5. The first kappa shape index (κ1) is 26.7. The van der Waals surface area contributed by atoms with Crippen LogP contribution in [0.25, 0.3) is 11.1 Å². The number of benzene rings is 3. The Morgan fingerprint density at radius 3 is 2.03 bits per heavy atom. The van der Waals surface area contributed by atoms with Crippen LogP contribution in [0.15, 0.2) is 102 Å². The Balaban J connectivity index is 1.90. The van der Waals surface area contributed by atoms with Crippen molar-refractivity contribution in [2.45, 2.75) is 5.92 Å². The van der Waals surface area contributed by atoms with Crippen LogP contribution in [0.5, 0.6) is 0 Å². The van der Waals surface area contributed by atoms with Gasteiger partial charge in [0, 0.05) is 5.69 Å². The molecule has 1 heterocycles. The Kier molecular flexibility index (Phi) is 7.77. The number of anilines is 1. The third-order valence-electron chi connectivity index (χ3n) is 6.35. The lowest BCUT2D eigenvalue weighted by Crippen LogP contribution is -2.40. The summed E-state index contributed by atoms with van der Waals surface area (Å²) in [6, 6.07) is 24.7. The maximum absolute atomic E-state index is 13.2. The van der Waals surface area contributed by atoms with Crippen molar-refractivity contribution in [2.75, 3.05) is 26.2 Å². The van der Waals surface area contributed by atoms with Crippen molar-refractivity contribution in [3.63, 3.8) is 0 Å². The number of carbonyl (C=O) groups is 3. The number of esters is 3. The SMILES string of the molecule is COC(=O)C1=C(C(=O)OC)N(c2ccc(-c3cccc(C(=O)OC)c3)cc2)C(N)=C(C#N)C1c1ccccc1. The number of hydrogen-bond donors (Lipinski definition) is 1. The van der Waals surface area contributed by atoms with Crippen molar-refractivity contribution >= 4 is 23.6 Å². The number of rotatable bonds is 6. The molecule has 0 bridgehead atoms. The van der Waals surface area contributed by atoms with Crippen LogP contribution in [0.1, 0.15) is 21.8 Å². The molecular weight excluding hydrogens is 498 g/mol. The second kappa shape index (κ2) is 11.4. The van der Waals surface area contributed by atoms with Crippen molar-refractivity contribution in [1.29, 1.82) is 5.26 Å². The number of hydrogen-bond acceptors (Lipinski definition) is 9. The minimum atomic E-state index is -0.950. The molecule has 1 aliphatic heterocycles. The Hall–Kier alpha value is -5.36. The molecule has 196 valence electrons. The van der Waals surface area contributed by atoms with Crippen LogP contribution in [0.3, 0.4) is 0 Å². The molecule has 0 radical (unpaired) electrons. The minimum Gasteiger partial charge on any atom is -0.466 e. The van der Waals surface area contributed by atoms with Gasteiger partial charge in [-0.3, -0.25) is 4.90 Å². The molecule has 3 aromatic rings. The van der Waals surface area contributed by atoms with Gasteiger partial charge in [0.25, 0.3) is 0 Å². The van der Waals surface area contributed by atoms with Gasteiger partial charge in [0.1, 0.15) is 11.5 Å². The fraction of sp³-hybridized carbons (Fsp3) is 0.133. The predicted molar refractivity (Wildman–Crippen MR) is 143 cm³/mol. The summed E-state index contributed by atoms with van der Waals surface area (Å²) in [4.78, 5) is 39.6. The van der Waals surface area contributed by atoms with Gasteiger partial charge in [0.05, 0.1) is 50.0 Å². The zero-order valence-electron chi connectivity index (χ0n) is 21.5. The average molecular weight is 524 g/mol. The second-order valence-electron chi connectivity index (χ2n) is 8.45. The summed E-state index contributed by atoms with van der Waals surface area (Å²) in [5, 5.41) is 10.2. The minimum absolute atomic E-state index is 0.0279. The number of nitriles is 1. The lowest BCUT2D eigenvalue weighted by Gasteiger charge is -2.36. The largest absolute Gasteiger partial charge is 0.466 e. The summed E-state index contributed by atoms with van der Waals surface area (Å²) >= 11 is 0. The first-order valence-electron chi connectivity index (χ1n) is 11.8. The average Bonchev–Trinajstić information content (AvgIpc) is 2.99. The van der Waals surface area contributed by atoms with E-state index in [9.17, 15) is 19.6 Å². The third-order valence-corrected chi connectivity index (χ3v) is 6.35. The van der Waals surface area contributed by atoms with E-state index in [2.05, 4.69) is 6.07 Å². The topological polar surface area (TPSA) is 132 Å². The van der Waals surface area contributed by atoms with Crippen LogP contribution in [0.2, 0.25) is 0 Å². The Labute approximate surface area is 225 Å². The molecular formula is C30H25N3O6. The van der Waals surface area contributed by atoms with E-state index < -0.39 is 23.8 Å². The highest BCUT2D eigenvalue weighted by Crippen LogP contribution is 2.43. The molecule has 1 unspecified atom stereocenters. The summed E-state index contributed by atoms with van der Waals surface area (Å²) in [5.74, 6) is -3.06. The quantitative estimate of drug-likeness (QED) is 0.375. The summed E-state index contributed by atoms with van der Waals surface area (Å²) in [5.41, 5.74) is 9.28. The molecule has 0 saturated heterocycles. The fourth-order valence-corrected chi connectivity index (χ4v) is 4.53. The number of ether oxygens (including phenoxy) is 3. The predicted octanol–water partition coefficient (Wildman–Crippen LogP) is 4.04. The zero-order chi connectivity index (χ0) is 28.1. The number of allylic oxidation sites excluding steroid dienone is 1. The monoisotopic (exact) mass is 523 g/mol. The summed E-state index contributed by atoms with van der Waals surface area (Å²) in [7, 11) is 3.70. The van der Waals surface area contributed by atoms with E-state index in [1.807, 2.05) is 6.07 Å². The Morgan fingerprint density at radius 1 is 0.795 bits per heavy atom. The van der Waals surface area contributed by atoms with Gasteiger partial charge >= 0.3 is 17.9 Å². The standard InChI is InChI=1S/C30H25N3O6/c1-37-28(34)21-11-7-10-20(16-21)18-12-14-22(15-13-18)33-26(30(36)39-3)25(29(35)38-2)24(23(17-31)27(33)32)19-8-5-4-6-9-19/h4-16,24H,32H2,1-3H3. The molecule has 1 atom stereocenters. The summed E-state index contributed by atoms with van der Waals surface area (Å²) in [6.07, 6.45) is 0. The van der Waals surface area contributed by atoms with E-state index in [0.29, 0.717) is 16.8 Å². The molecule has 0 fully saturated rings. The van der Waals surface area contributed by atoms with Crippen LogP contribution in [-0.2, 0) is 23.8 Å². The molecule has 4 rings (SSSR count). The molecule has 9 heteroatoms. The smallest absolute Gasteiger partial charge is 0.355 e. The van der Waals surface area contributed by atoms with Crippen LogP contribution < -0.4 is 10.6 Å². The molecule has 39 heavy (non-hydrogen) atoms. The maximum atomic E-state index is 13.2. The third kappa shape index (κ3) is 4.95. The van der Waals surface area contributed by atoms with E-state index in [1.54, 1.807) is 72.8 Å². The van der Waals surface area contributed by atoms with Crippen LogP contribution >= 0.6 is 0 Å². The van der Waals surface area contributed by atoms with E-state index >= 15 is 0 Å². The highest BCUT2D eigenvalue weighted by molar-refractivity contribution is 6.06. The van der Waals surface area contributed by atoms with Crippen molar-refractivity contribution in [3.05, 3.63) is 113 Å². The molecule has 0 spiro atoms. The highest BCUT2D eigenvalue weighted by atomic mass is 16.5. The van der Waals surface area contributed by atoms with Crippen molar-refractivity contribution < 1.29 is 28.6 Å². The maximum Gasteiger partial charge on any atom is 0.355 e. The Morgan fingerprint density at radius 2 is 1.44 bits per heavy atom. The normalized spacial score (nSPS) is 14.9. The number of methoxy groups -OCH3 is 3. The molecule has 3 aromatic carbocycles. The van der Waals surface area contributed by atoms with Crippen LogP contribution in [0, 0.1) is 11.3 Å². The second-order valence-corrected chi connectivity index (χ2v) is 8.45. The van der Waals surface area contributed by atoms with Gasteiger partial charge in [-0.05, 0) is 41.0 Å². The number of carbonyl (C=O) groups excluding carboxylic acids is 3. The molecule has 2 N–H and O–H groups in total. The van der Waals surface area contributed by atoms with Gasteiger partial charge in [-0.15, -0.1) is 0 Å². The molecule has 0 amide bonds. The van der Waals surface area contributed by atoms with E-state index in [0.717, 1.165) is 11.1 Å². The first-order valence-corrected chi connectivity index (χ1v) is 11.8. The van der Waals surface area contributed by atoms with Crippen LogP contribution in [0.4, 0.5) is 5.69 Å². The summed E-state index contributed by atoms with van der Waals surface area (Å²) < 4.78 is 14.9. The molecule has 1 aliphatic rings. The lowest BCUT2D eigenvalue weighted by atomic mass is 9.81. The van der Waals surface area contributed by atoms with E-state index in [-0.39, 0.29) is 22.7 Å². The number of nitrogens with zero attached hydrogens (tertiary/aromatic N) is 2. The van der Waals surface area contributed by atoms with Gasteiger partial charge < -0.3 is 19.9 Å². The van der Waals surface area contributed by atoms with Gasteiger partial charge in [0.15, 0.2) is 0 Å². The van der Waals surface area contributed by atoms with Crippen molar-refractivity contribution in [2.24, 2.45) is 5.73 Å². The van der Waals surface area contributed by atoms with Gasteiger partial charge in [0.2, 0.25) is 0 Å². The fourth-order valence-electron chi connectivity index (χ4n) is 4.53. The van der Waals surface area contributed by atoms with Crippen molar-refractivity contribution in [1.82, 2.24) is 0 Å². The molecule has 0 saturated carbocycles. The van der Waals surface area contributed by atoms with Gasteiger partial charge in [-0.25, -0.2) is 14.4 Å².